The molecule has 0 unspecified atom stereocenters. The molecule has 1 saturated heterocycles. The lowest BCUT2D eigenvalue weighted by molar-refractivity contribution is 0.0954. The average molecular weight is 563 g/mol. The Balaban J connectivity index is 1.35. The largest absolute Gasteiger partial charge is 0.367 e. The van der Waals surface area contributed by atoms with Gasteiger partial charge in [-0.3, -0.25) is 9.69 Å². The summed E-state index contributed by atoms with van der Waals surface area (Å²) in [5.74, 6) is -0.179. The molecule has 42 heavy (non-hydrogen) atoms. The Bertz CT molecular complexity index is 1400. The van der Waals surface area contributed by atoms with Crippen LogP contribution in [0.25, 0.3) is 0 Å². The third kappa shape index (κ3) is 7.34. The summed E-state index contributed by atoms with van der Waals surface area (Å²) in [5, 5.41) is 11.8. The number of hydrogen-bond donors (Lipinski definition) is 4. The molecule has 216 valence electrons. The molecule has 0 aromatic heterocycles. The number of rotatable bonds is 10. The average Bonchev–Trinajstić information content (AvgIpc) is 3.03. The minimum absolute atomic E-state index is 0.160. The highest BCUT2D eigenvalue weighted by Crippen LogP contribution is 2.33. The molecule has 0 saturated carbocycles. The van der Waals surface area contributed by atoms with Gasteiger partial charge in [-0.25, -0.2) is 4.79 Å². The van der Waals surface area contributed by atoms with Crippen LogP contribution in [-0.2, 0) is 0 Å². The van der Waals surface area contributed by atoms with Crippen LogP contribution in [0.5, 0.6) is 0 Å². The Morgan fingerprint density at radius 1 is 0.714 bits per heavy atom. The molecule has 0 atom stereocenters. The van der Waals surface area contributed by atoms with E-state index in [9.17, 15) is 9.59 Å². The maximum atomic E-state index is 13.0. The van der Waals surface area contributed by atoms with Crippen molar-refractivity contribution in [1.29, 1.82) is 0 Å². The van der Waals surface area contributed by atoms with Crippen molar-refractivity contribution < 1.29 is 9.59 Å². The number of para-hydroxylation sites is 1. The first-order valence-corrected chi connectivity index (χ1v) is 14.4. The summed E-state index contributed by atoms with van der Waals surface area (Å²) in [4.78, 5) is 30.6. The molecule has 1 aliphatic rings. The minimum atomic E-state index is -0.359. The zero-order valence-corrected chi connectivity index (χ0v) is 23.9. The Hall–Kier alpha value is -4.66. The molecule has 0 spiro atoms. The molecular formula is C34H38N6O2. The highest BCUT2D eigenvalue weighted by atomic mass is 16.2. The van der Waals surface area contributed by atoms with Crippen molar-refractivity contribution in [2.45, 2.75) is 6.04 Å². The molecule has 4 aromatic carbocycles. The molecule has 1 fully saturated rings. The van der Waals surface area contributed by atoms with Crippen LogP contribution in [0.4, 0.5) is 21.9 Å². The van der Waals surface area contributed by atoms with Crippen LogP contribution in [0.1, 0.15) is 27.5 Å². The first-order valence-electron chi connectivity index (χ1n) is 14.4. The van der Waals surface area contributed by atoms with Gasteiger partial charge < -0.3 is 26.2 Å². The second-order valence-electron chi connectivity index (χ2n) is 10.3. The predicted molar refractivity (Wildman–Crippen MR) is 170 cm³/mol. The summed E-state index contributed by atoms with van der Waals surface area (Å²) < 4.78 is 0. The number of amides is 3. The molecule has 1 heterocycles. The van der Waals surface area contributed by atoms with Crippen LogP contribution < -0.4 is 26.2 Å². The van der Waals surface area contributed by atoms with Crippen LogP contribution >= 0.6 is 0 Å². The molecule has 8 heteroatoms. The van der Waals surface area contributed by atoms with Gasteiger partial charge in [0.1, 0.15) is 0 Å². The molecule has 0 bridgehead atoms. The molecule has 5 rings (SSSR count). The number of urea groups is 1. The van der Waals surface area contributed by atoms with E-state index in [0.717, 1.165) is 31.9 Å². The predicted octanol–water partition coefficient (Wildman–Crippen LogP) is 5.19. The monoisotopic (exact) mass is 562 g/mol. The number of nitrogens with one attached hydrogen (secondary N) is 4. The van der Waals surface area contributed by atoms with Crippen LogP contribution in [0.2, 0.25) is 0 Å². The van der Waals surface area contributed by atoms with Crippen molar-refractivity contribution in [3.8, 4) is 0 Å². The maximum absolute atomic E-state index is 13.0. The molecule has 4 aromatic rings. The normalized spacial score (nSPS) is 13.5. The molecule has 0 radical (unpaired) electrons. The summed E-state index contributed by atoms with van der Waals surface area (Å²) in [6, 6.07) is 35.9. The van der Waals surface area contributed by atoms with Crippen molar-refractivity contribution >= 4 is 29.0 Å². The van der Waals surface area contributed by atoms with Gasteiger partial charge in [-0.05, 0) is 48.5 Å². The summed E-state index contributed by atoms with van der Waals surface area (Å²) in [6.45, 7) is 4.43. The van der Waals surface area contributed by atoms with Crippen LogP contribution in [0.15, 0.2) is 109 Å². The van der Waals surface area contributed by atoms with Crippen molar-refractivity contribution in [3.63, 3.8) is 0 Å². The molecular weight excluding hydrogens is 524 g/mol. The van der Waals surface area contributed by atoms with Gasteiger partial charge in [0.15, 0.2) is 0 Å². The van der Waals surface area contributed by atoms with Gasteiger partial charge >= 0.3 is 6.03 Å². The lowest BCUT2D eigenvalue weighted by Gasteiger charge is -2.41. The van der Waals surface area contributed by atoms with Gasteiger partial charge in [0.25, 0.3) is 5.91 Å². The zero-order chi connectivity index (χ0) is 29.1. The Morgan fingerprint density at radius 2 is 1.31 bits per heavy atom. The smallest absolute Gasteiger partial charge is 0.323 e. The van der Waals surface area contributed by atoms with Crippen LogP contribution in [0.3, 0.4) is 0 Å². The number of likely N-dealkylation sites (N-methyl/N-ethyl adjacent to an activating group) is 1. The quantitative estimate of drug-likeness (QED) is 0.200. The van der Waals surface area contributed by atoms with E-state index in [1.807, 2.05) is 49.5 Å². The second kappa shape index (κ2) is 14.3. The van der Waals surface area contributed by atoms with E-state index >= 15 is 0 Å². The fourth-order valence-electron chi connectivity index (χ4n) is 5.37. The lowest BCUT2D eigenvalue weighted by atomic mass is 9.96. The topological polar surface area (TPSA) is 88.7 Å². The van der Waals surface area contributed by atoms with Gasteiger partial charge in [-0.1, -0.05) is 78.9 Å². The molecule has 8 nitrogen and oxygen atoms in total. The fourth-order valence-corrected chi connectivity index (χ4v) is 5.37. The van der Waals surface area contributed by atoms with Crippen molar-refractivity contribution in [1.82, 2.24) is 15.5 Å². The van der Waals surface area contributed by atoms with E-state index in [2.05, 4.69) is 91.7 Å². The number of anilines is 3. The number of piperazine rings is 1. The fraction of sp³-hybridized carbons (Fsp3) is 0.235. The van der Waals surface area contributed by atoms with Gasteiger partial charge in [-0.2, -0.15) is 0 Å². The Kier molecular flexibility index (Phi) is 9.82. The molecule has 3 amide bonds. The standard InChI is InChI=1S/C34H38N6O2/c1-35-19-20-36-33(41)28-17-18-31(30(25-28)38-34(42)37-29-15-9-4-10-16-29)39-21-23-40(24-22-39)32(26-11-5-2-6-12-26)27-13-7-3-8-14-27/h2-18,25,32,35H,19-24H2,1H3,(H,36,41)(H2,37,38,42). The van der Waals surface area contributed by atoms with E-state index in [0.29, 0.717) is 30.0 Å². The van der Waals surface area contributed by atoms with Crippen molar-refractivity contribution in [2.75, 3.05) is 61.8 Å². The Morgan fingerprint density at radius 3 is 1.90 bits per heavy atom. The Labute approximate surface area is 247 Å². The van der Waals surface area contributed by atoms with Gasteiger partial charge in [0, 0.05) is 50.5 Å². The summed E-state index contributed by atoms with van der Waals surface area (Å²) in [7, 11) is 1.84. The lowest BCUT2D eigenvalue weighted by Crippen LogP contribution is -2.48. The van der Waals surface area contributed by atoms with Gasteiger partial charge in [-0.15, -0.1) is 0 Å². The number of nitrogens with zero attached hydrogens (tertiary/aromatic N) is 2. The van der Waals surface area contributed by atoms with E-state index in [4.69, 9.17) is 0 Å². The van der Waals surface area contributed by atoms with Gasteiger partial charge in [0.05, 0.1) is 17.4 Å². The van der Waals surface area contributed by atoms with E-state index < -0.39 is 0 Å². The molecule has 1 aliphatic heterocycles. The highest BCUT2D eigenvalue weighted by molar-refractivity contribution is 6.04. The number of benzene rings is 4. The highest BCUT2D eigenvalue weighted by Gasteiger charge is 2.27. The number of hydrogen-bond acceptors (Lipinski definition) is 5. The third-order valence-electron chi connectivity index (χ3n) is 7.45. The van der Waals surface area contributed by atoms with E-state index in [1.165, 1.54) is 11.1 Å². The number of carbonyl (C=O) groups is 2. The van der Waals surface area contributed by atoms with Crippen LogP contribution in [0, 0.1) is 0 Å². The van der Waals surface area contributed by atoms with Crippen molar-refractivity contribution in [3.05, 3.63) is 126 Å². The first-order chi connectivity index (χ1) is 20.6. The second-order valence-corrected chi connectivity index (χ2v) is 10.3. The zero-order valence-electron chi connectivity index (χ0n) is 23.9. The summed E-state index contributed by atoms with van der Waals surface area (Å²) in [6.07, 6.45) is 0. The van der Waals surface area contributed by atoms with Gasteiger partial charge in [0.2, 0.25) is 0 Å². The maximum Gasteiger partial charge on any atom is 0.323 e. The van der Waals surface area contributed by atoms with E-state index in [1.54, 1.807) is 6.07 Å². The summed E-state index contributed by atoms with van der Waals surface area (Å²) in [5.41, 5.74) is 5.22. The SMILES string of the molecule is CNCCNC(=O)c1ccc(N2CCN(C(c3ccccc3)c3ccccc3)CC2)c(NC(=O)Nc2ccccc2)c1. The molecule has 0 aliphatic carbocycles. The number of carbonyl (C=O) groups excluding carboxylic acids is 2. The van der Waals surface area contributed by atoms with E-state index in [-0.39, 0.29) is 18.0 Å². The first kappa shape index (κ1) is 28.9. The minimum Gasteiger partial charge on any atom is -0.367 e. The van der Waals surface area contributed by atoms with Crippen LogP contribution in [-0.4, -0.2) is 63.2 Å². The summed E-state index contributed by atoms with van der Waals surface area (Å²) >= 11 is 0. The third-order valence-corrected chi connectivity index (χ3v) is 7.45. The molecule has 4 N–H and O–H groups in total. The van der Waals surface area contributed by atoms with Crippen molar-refractivity contribution in [2.24, 2.45) is 0 Å².